The fourth-order valence-corrected chi connectivity index (χ4v) is 5.50. The molecule has 7 heteroatoms. The summed E-state index contributed by atoms with van der Waals surface area (Å²) in [5, 5.41) is 4.93. The molecule has 0 aliphatic carbocycles. The highest BCUT2D eigenvalue weighted by molar-refractivity contribution is 7.92. The first-order chi connectivity index (χ1) is 15.6. The summed E-state index contributed by atoms with van der Waals surface area (Å²) in [5.41, 5.74) is 5.75. The van der Waals surface area contributed by atoms with Crippen LogP contribution in [0.15, 0.2) is 59.0 Å². The van der Waals surface area contributed by atoms with E-state index in [4.69, 9.17) is 4.42 Å². The van der Waals surface area contributed by atoms with Gasteiger partial charge in [-0.2, -0.15) is 0 Å². The maximum atomic E-state index is 12.6. The average Bonchev–Trinajstić information content (AvgIpc) is 3.09. The van der Waals surface area contributed by atoms with Crippen LogP contribution in [-0.4, -0.2) is 27.1 Å². The molecule has 0 radical (unpaired) electrons. The van der Waals surface area contributed by atoms with E-state index in [1.165, 1.54) is 10.6 Å². The molecule has 0 spiro atoms. The molecule has 0 fully saturated rings. The van der Waals surface area contributed by atoms with E-state index in [9.17, 15) is 13.2 Å². The number of furan rings is 1. The Balaban J connectivity index is 1.44. The number of para-hydroxylation sites is 1. The molecular weight excluding hydrogens is 436 g/mol. The molecule has 0 aliphatic heterocycles. The Kier molecular flexibility index (Phi) is 6.17. The van der Waals surface area contributed by atoms with Crippen molar-refractivity contribution in [1.82, 2.24) is 0 Å². The van der Waals surface area contributed by atoms with Crippen molar-refractivity contribution in [3.05, 3.63) is 71.3 Å². The minimum absolute atomic E-state index is 0.170. The molecule has 4 rings (SSSR count). The van der Waals surface area contributed by atoms with Crippen LogP contribution in [-0.2, 0) is 14.8 Å². The van der Waals surface area contributed by atoms with Gasteiger partial charge >= 0.3 is 0 Å². The third-order valence-electron chi connectivity index (χ3n) is 5.71. The number of carbonyl (C=O) groups excluding carboxylic acids is 1. The molecule has 3 aromatic carbocycles. The third kappa shape index (κ3) is 4.88. The molecule has 1 N–H and O–H groups in total. The molecule has 1 aromatic heterocycles. The zero-order valence-corrected chi connectivity index (χ0v) is 20.1. The lowest BCUT2D eigenvalue weighted by molar-refractivity contribution is -0.116. The highest BCUT2D eigenvalue weighted by atomic mass is 32.2. The van der Waals surface area contributed by atoms with Crippen molar-refractivity contribution < 1.29 is 17.6 Å². The molecule has 0 saturated heterocycles. The largest absolute Gasteiger partial charge is 0.456 e. The summed E-state index contributed by atoms with van der Waals surface area (Å²) in [6.07, 6.45) is 1.81. The standard InChI is InChI=1S/C26H28N2O4S/c1-17-14-18(2)26(19(3)15-17)28(33(4,30)31)13-7-10-25(29)27-20-11-12-22-21-8-5-6-9-23(21)32-24(22)16-20/h5-6,8-9,11-12,14-16H,7,10,13H2,1-4H3,(H,27,29). The van der Waals surface area contributed by atoms with Gasteiger partial charge in [-0.15, -0.1) is 0 Å². The second-order valence-electron chi connectivity index (χ2n) is 8.54. The number of aryl methyl sites for hydroxylation is 3. The summed E-state index contributed by atoms with van der Waals surface area (Å²) in [6.45, 7) is 6.05. The predicted octanol–water partition coefficient (Wildman–Crippen LogP) is 5.70. The number of benzene rings is 3. The number of carbonyl (C=O) groups is 1. The van der Waals surface area contributed by atoms with Crippen LogP contribution < -0.4 is 9.62 Å². The fourth-order valence-electron chi connectivity index (χ4n) is 4.42. The Bertz CT molecular complexity index is 1430. The number of nitrogens with one attached hydrogen (secondary N) is 1. The highest BCUT2D eigenvalue weighted by Crippen LogP contribution is 2.31. The van der Waals surface area contributed by atoms with Crippen molar-refractivity contribution in [3.63, 3.8) is 0 Å². The van der Waals surface area contributed by atoms with Gasteiger partial charge in [0.25, 0.3) is 0 Å². The Morgan fingerprint density at radius 3 is 2.30 bits per heavy atom. The Labute approximate surface area is 194 Å². The monoisotopic (exact) mass is 464 g/mol. The molecule has 0 unspecified atom stereocenters. The summed E-state index contributed by atoms with van der Waals surface area (Å²) < 4.78 is 32.3. The summed E-state index contributed by atoms with van der Waals surface area (Å²) in [6, 6.07) is 17.4. The molecule has 1 amide bonds. The normalized spacial score (nSPS) is 11.8. The average molecular weight is 465 g/mol. The Morgan fingerprint density at radius 2 is 1.61 bits per heavy atom. The number of nitrogens with zero attached hydrogens (tertiary/aromatic N) is 1. The van der Waals surface area contributed by atoms with Gasteiger partial charge in [0.05, 0.1) is 11.9 Å². The van der Waals surface area contributed by atoms with Crippen LogP contribution in [0, 0.1) is 20.8 Å². The maximum absolute atomic E-state index is 12.6. The van der Waals surface area contributed by atoms with Crippen LogP contribution >= 0.6 is 0 Å². The van der Waals surface area contributed by atoms with Crippen molar-refractivity contribution in [2.75, 3.05) is 22.4 Å². The van der Waals surface area contributed by atoms with Crippen molar-refractivity contribution >= 4 is 49.2 Å². The van der Waals surface area contributed by atoms with Crippen LogP contribution in [0.25, 0.3) is 21.9 Å². The summed E-state index contributed by atoms with van der Waals surface area (Å²) in [5.74, 6) is -0.170. The van der Waals surface area contributed by atoms with E-state index in [0.717, 1.165) is 33.0 Å². The van der Waals surface area contributed by atoms with E-state index >= 15 is 0 Å². The van der Waals surface area contributed by atoms with Gasteiger partial charge in [-0.1, -0.05) is 35.9 Å². The molecule has 0 bridgehead atoms. The van der Waals surface area contributed by atoms with E-state index in [1.807, 2.05) is 75.4 Å². The maximum Gasteiger partial charge on any atom is 0.232 e. The van der Waals surface area contributed by atoms with Crippen molar-refractivity contribution in [2.45, 2.75) is 33.6 Å². The molecule has 1 heterocycles. The minimum atomic E-state index is -3.48. The van der Waals surface area contributed by atoms with Crippen LogP contribution in [0.4, 0.5) is 11.4 Å². The van der Waals surface area contributed by atoms with Gasteiger partial charge in [0.1, 0.15) is 11.2 Å². The highest BCUT2D eigenvalue weighted by Gasteiger charge is 2.21. The summed E-state index contributed by atoms with van der Waals surface area (Å²) in [4.78, 5) is 12.6. The molecule has 0 atom stereocenters. The molecular formula is C26H28N2O4S. The van der Waals surface area contributed by atoms with Gasteiger partial charge in [-0.3, -0.25) is 9.10 Å². The summed E-state index contributed by atoms with van der Waals surface area (Å²) in [7, 11) is -3.48. The molecule has 33 heavy (non-hydrogen) atoms. The quantitative estimate of drug-likeness (QED) is 0.381. The second-order valence-corrected chi connectivity index (χ2v) is 10.5. The fraction of sp³-hybridized carbons (Fsp3) is 0.269. The van der Waals surface area contributed by atoms with Gasteiger partial charge in [-0.05, 0) is 56.5 Å². The first-order valence-electron chi connectivity index (χ1n) is 10.9. The number of sulfonamides is 1. The number of anilines is 2. The zero-order chi connectivity index (χ0) is 23.8. The minimum Gasteiger partial charge on any atom is -0.456 e. The van der Waals surface area contributed by atoms with Crippen LogP contribution in [0.3, 0.4) is 0 Å². The molecule has 172 valence electrons. The summed E-state index contributed by atoms with van der Waals surface area (Å²) >= 11 is 0. The van der Waals surface area contributed by atoms with Crippen molar-refractivity contribution in [3.8, 4) is 0 Å². The van der Waals surface area contributed by atoms with Gasteiger partial charge in [0.2, 0.25) is 15.9 Å². The van der Waals surface area contributed by atoms with E-state index < -0.39 is 10.0 Å². The van der Waals surface area contributed by atoms with Gasteiger partial charge in [-0.25, -0.2) is 8.42 Å². The topological polar surface area (TPSA) is 79.6 Å². The number of hydrogen-bond donors (Lipinski definition) is 1. The number of rotatable bonds is 7. The number of fused-ring (bicyclic) bond motifs is 3. The van der Waals surface area contributed by atoms with Gasteiger partial charge in [0, 0.05) is 35.5 Å². The van der Waals surface area contributed by atoms with Gasteiger partial charge < -0.3 is 9.73 Å². The molecule has 0 saturated carbocycles. The van der Waals surface area contributed by atoms with Crippen molar-refractivity contribution in [1.29, 1.82) is 0 Å². The first kappa shape index (κ1) is 22.9. The van der Waals surface area contributed by atoms with E-state index in [-0.39, 0.29) is 18.9 Å². The van der Waals surface area contributed by atoms with Gasteiger partial charge in [0.15, 0.2) is 0 Å². The Hall–Kier alpha value is -3.32. The zero-order valence-electron chi connectivity index (χ0n) is 19.3. The second kappa shape index (κ2) is 8.90. The lowest BCUT2D eigenvalue weighted by Gasteiger charge is -2.26. The Morgan fingerprint density at radius 1 is 0.939 bits per heavy atom. The van der Waals surface area contributed by atoms with Crippen LogP contribution in [0.5, 0.6) is 0 Å². The predicted molar refractivity (Wildman–Crippen MR) is 134 cm³/mol. The molecule has 4 aromatic rings. The number of hydrogen-bond acceptors (Lipinski definition) is 4. The van der Waals surface area contributed by atoms with E-state index in [1.54, 1.807) is 0 Å². The third-order valence-corrected chi connectivity index (χ3v) is 6.88. The lowest BCUT2D eigenvalue weighted by atomic mass is 10.0. The first-order valence-corrected chi connectivity index (χ1v) is 12.7. The van der Waals surface area contributed by atoms with Crippen LogP contribution in [0.1, 0.15) is 29.5 Å². The molecule has 6 nitrogen and oxygen atoms in total. The van der Waals surface area contributed by atoms with Crippen LogP contribution in [0.2, 0.25) is 0 Å². The van der Waals surface area contributed by atoms with E-state index in [0.29, 0.717) is 23.4 Å². The molecule has 0 aliphatic rings. The van der Waals surface area contributed by atoms with Crippen molar-refractivity contribution in [2.24, 2.45) is 0 Å². The smallest absolute Gasteiger partial charge is 0.232 e. The SMILES string of the molecule is Cc1cc(C)c(N(CCCC(=O)Nc2ccc3c(c2)oc2ccccc23)S(C)(=O)=O)c(C)c1. The lowest BCUT2D eigenvalue weighted by Crippen LogP contribution is -2.32. The number of amides is 1. The van der Waals surface area contributed by atoms with E-state index in [2.05, 4.69) is 5.32 Å².